The fraction of sp³-hybridized carbons (Fsp3) is 0.364. The molecule has 0 aliphatic carbocycles. The molecule has 3 heteroatoms. The number of hydrogen-bond donors (Lipinski definition) is 0. The summed E-state index contributed by atoms with van der Waals surface area (Å²) in [4.78, 5) is 11.5. The zero-order valence-corrected chi connectivity index (χ0v) is 8.03. The van der Waals surface area contributed by atoms with Gasteiger partial charge in [0.25, 0.3) is 0 Å². The normalized spacial score (nSPS) is 19.1. The minimum absolute atomic E-state index is 0.294. The van der Waals surface area contributed by atoms with Gasteiger partial charge in [0.2, 0.25) is 0 Å². The fourth-order valence-electron chi connectivity index (χ4n) is 1.60. The molecule has 14 heavy (non-hydrogen) atoms. The van der Waals surface area contributed by atoms with Crippen molar-refractivity contribution in [2.24, 2.45) is 0 Å². The van der Waals surface area contributed by atoms with Crippen LogP contribution in [0.4, 0.5) is 0 Å². The van der Waals surface area contributed by atoms with Crippen LogP contribution in [0.25, 0.3) is 0 Å². The Morgan fingerprint density at radius 1 is 1.57 bits per heavy atom. The number of ether oxygens (including phenoxy) is 2. The van der Waals surface area contributed by atoms with E-state index in [4.69, 9.17) is 9.47 Å². The van der Waals surface area contributed by atoms with E-state index in [2.05, 4.69) is 0 Å². The van der Waals surface area contributed by atoms with Crippen LogP contribution >= 0.6 is 0 Å². The second-order valence-corrected chi connectivity index (χ2v) is 3.14. The lowest BCUT2D eigenvalue weighted by Crippen LogP contribution is -2.14. The van der Waals surface area contributed by atoms with E-state index in [9.17, 15) is 4.79 Å². The first-order chi connectivity index (χ1) is 6.83. The van der Waals surface area contributed by atoms with Gasteiger partial charge in [-0.05, 0) is 18.1 Å². The summed E-state index contributed by atoms with van der Waals surface area (Å²) >= 11 is 0. The molecule has 1 atom stereocenters. The Hall–Kier alpha value is -1.35. The molecule has 0 radical (unpaired) electrons. The lowest BCUT2D eigenvalue weighted by molar-refractivity contribution is -0.156. The highest BCUT2D eigenvalue weighted by atomic mass is 16.6. The van der Waals surface area contributed by atoms with E-state index in [-0.39, 0.29) is 5.97 Å². The van der Waals surface area contributed by atoms with E-state index in [1.54, 1.807) is 6.92 Å². The summed E-state index contributed by atoms with van der Waals surface area (Å²) in [6.07, 6.45) is -0.522. The van der Waals surface area contributed by atoms with Crippen LogP contribution in [-0.4, -0.2) is 12.6 Å². The van der Waals surface area contributed by atoms with Crippen molar-refractivity contribution < 1.29 is 14.3 Å². The molecule has 0 bridgehead atoms. The Labute approximate surface area is 82.6 Å². The zero-order chi connectivity index (χ0) is 9.97. The SMILES string of the molecule is CCOC(=O)C1OCc2ccccc21. The average molecular weight is 192 g/mol. The lowest BCUT2D eigenvalue weighted by atomic mass is 10.1. The van der Waals surface area contributed by atoms with Gasteiger partial charge in [-0.2, -0.15) is 0 Å². The molecule has 0 saturated heterocycles. The number of esters is 1. The largest absolute Gasteiger partial charge is 0.464 e. The molecule has 1 unspecified atom stereocenters. The molecular weight excluding hydrogens is 180 g/mol. The summed E-state index contributed by atoms with van der Waals surface area (Å²) in [5.74, 6) is -0.294. The number of carbonyl (C=O) groups excluding carboxylic acids is 1. The van der Waals surface area contributed by atoms with Crippen molar-refractivity contribution in [2.45, 2.75) is 19.6 Å². The summed E-state index contributed by atoms with van der Waals surface area (Å²) in [6.45, 7) is 2.68. The van der Waals surface area contributed by atoms with Crippen LogP contribution in [0.2, 0.25) is 0 Å². The molecule has 1 aliphatic heterocycles. The van der Waals surface area contributed by atoms with Crippen molar-refractivity contribution >= 4 is 5.97 Å². The Kier molecular flexibility index (Phi) is 2.50. The number of fused-ring (bicyclic) bond motifs is 1. The monoisotopic (exact) mass is 192 g/mol. The quantitative estimate of drug-likeness (QED) is 0.670. The average Bonchev–Trinajstić information content (AvgIpc) is 2.61. The van der Waals surface area contributed by atoms with Crippen LogP contribution in [0.3, 0.4) is 0 Å². The van der Waals surface area contributed by atoms with Gasteiger partial charge in [0, 0.05) is 0 Å². The van der Waals surface area contributed by atoms with Crippen LogP contribution in [-0.2, 0) is 20.9 Å². The predicted octanol–water partition coefficient (Wildman–Crippen LogP) is 1.82. The molecular formula is C11H12O3. The molecule has 1 aromatic rings. The molecule has 1 aliphatic rings. The summed E-state index contributed by atoms with van der Waals surface area (Å²) in [5.41, 5.74) is 2.01. The predicted molar refractivity (Wildman–Crippen MR) is 50.6 cm³/mol. The molecule has 0 amide bonds. The van der Waals surface area contributed by atoms with Crippen LogP contribution in [0.5, 0.6) is 0 Å². The summed E-state index contributed by atoms with van der Waals surface area (Å²) in [5, 5.41) is 0. The summed E-state index contributed by atoms with van der Waals surface area (Å²) in [6, 6.07) is 7.72. The smallest absolute Gasteiger partial charge is 0.339 e. The van der Waals surface area contributed by atoms with Gasteiger partial charge in [0.05, 0.1) is 13.2 Å². The van der Waals surface area contributed by atoms with E-state index in [1.807, 2.05) is 24.3 Å². The van der Waals surface area contributed by atoms with Gasteiger partial charge in [-0.15, -0.1) is 0 Å². The second-order valence-electron chi connectivity index (χ2n) is 3.14. The van der Waals surface area contributed by atoms with Crippen molar-refractivity contribution in [1.29, 1.82) is 0 Å². The van der Waals surface area contributed by atoms with Crippen molar-refractivity contribution in [2.75, 3.05) is 6.61 Å². The maximum Gasteiger partial charge on any atom is 0.339 e. The molecule has 0 fully saturated rings. The third kappa shape index (κ3) is 1.51. The molecule has 0 saturated carbocycles. The molecule has 74 valence electrons. The highest BCUT2D eigenvalue weighted by Crippen LogP contribution is 2.30. The molecule has 1 heterocycles. The third-order valence-electron chi connectivity index (χ3n) is 2.24. The van der Waals surface area contributed by atoms with Gasteiger partial charge in [-0.1, -0.05) is 24.3 Å². The highest BCUT2D eigenvalue weighted by molar-refractivity contribution is 5.77. The molecule has 3 nitrogen and oxygen atoms in total. The van der Waals surface area contributed by atoms with Gasteiger partial charge < -0.3 is 9.47 Å². The maximum atomic E-state index is 11.5. The van der Waals surface area contributed by atoms with Crippen LogP contribution in [0.15, 0.2) is 24.3 Å². The van der Waals surface area contributed by atoms with Gasteiger partial charge in [0.1, 0.15) is 0 Å². The Morgan fingerprint density at radius 3 is 3.14 bits per heavy atom. The molecule has 0 N–H and O–H groups in total. The lowest BCUT2D eigenvalue weighted by Gasteiger charge is -2.09. The first-order valence-electron chi connectivity index (χ1n) is 4.69. The number of hydrogen-bond acceptors (Lipinski definition) is 3. The van der Waals surface area contributed by atoms with E-state index < -0.39 is 6.10 Å². The van der Waals surface area contributed by atoms with E-state index in [0.717, 1.165) is 11.1 Å². The minimum Gasteiger partial charge on any atom is -0.464 e. The molecule has 1 aromatic carbocycles. The van der Waals surface area contributed by atoms with Crippen molar-refractivity contribution in [3.05, 3.63) is 35.4 Å². The summed E-state index contributed by atoms with van der Waals surface area (Å²) < 4.78 is 10.3. The summed E-state index contributed by atoms with van der Waals surface area (Å²) in [7, 11) is 0. The highest BCUT2D eigenvalue weighted by Gasteiger charge is 2.30. The second kappa shape index (κ2) is 3.80. The first-order valence-corrected chi connectivity index (χ1v) is 4.69. The van der Waals surface area contributed by atoms with Crippen molar-refractivity contribution in [3.8, 4) is 0 Å². The third-order valence-corrected chi connectivity index (χ3v) is 2.24. The fourth-order valence-corrected chi connectivity index (χ4v) is 1.60. The zero-order valence-electron chi connectivity index (χ0n) is 8.03. The standard InChI is InChI=1S/C11H12O3/c1-2-13-11(12)10-9-6-4-3-5-8(9)7-14-10/h3-6,10H,2,7H2,1H3. The Balaban J connectivity index is 2.21. The topological polar surface area (TPSA) is 35.5 Å². The van der Waals surface area contributed by atoms with Crippen LogP contribution in [0, 0.1) is 0 Å². The van der Waals surface area contributed by atoms with Gasteiger partial charge in [-0.25, -0.2) is 4.79 Å². The number of carbonyl (C=O) groups is 1. The van der Waals surface area contributed by atoms with Crippen molar-refractivity contribution in [3.63, 3.8) is 0 Å². The van der Waals surface area contributed by atoms with Gasteiger partial charge in [-0.3, -0.25) is 0 Å². The van der Waals surface area contributed by atoms with Gasteiger partial charge in [0.15, 0.2) is 6.10 Å². The van der Waals surface area contributed by atoms with Crippen molar-refractivity contribution in [1.82, 2.24) is 0 Å². The minimum atomic E-state index is -0.522. The molecule has 0 aromatic heterocycles. The van der Waals surface area contributed by atoms with E-state index in [0.29, 0.717) is 13.2 Å². The van der Waals surface area contributed by atoms with E-state index >= 15 is 0 Å². The van der Waals surface area contributed by atoms with Gasteiger partial charge >= 0.3 is 5.97 Å². The maximum absolute atomic E-state index is 11.5. The molecule has 0 spiro atoms. The Bertz CT molecular complexity index is 346. The first kappa shape index (κ1) is 9.21. The number of benzene rings is 1. The van der Waals surface area contributed by atoms with Crippen LogP contribution < -0.4 is 0 Å². The molecule has 2 rings (SSSR count). The van der Waals surface area contributed by atoms with E-state index in [1.165, 1.54) is 0 Å². The van der Waals surface area contributed by atoms with Crippen LogP contribution in [0.1, 0.15) is 24.2 Å². The number of rotatable bonds is 2. The Morgan fingerprint density at radius 2 is 2.36 bits per heavy atom.